The Kier molecular flexibility index (Phi) is 5.93. The van der Waals surface area contributed by atoms with Crippen molar-refractivity contribution in [2.45, 2.75) is 26.9 Å². The fraction of sp³-hybridized carbons (Fsp3) is 0.179. The van der Waals surface area contributed by atoms with E-state index in [0.717, 1.165) is 39.5 Å². The number of nitrogen functional groups attached to an aromatic ring is 1. The van der Waals surface area contributed by atoms with Gasteiger partial charge in [0.25, 0.3) is 0 Å². The van der Waals surface area contributed by atoms with E-state index < -0.39 is 5.97 Å². The highest BCUT2D eigenvalue weighted by Gasteiger charge is 2.26. The van der Waals surface area contributed by atoms with E-state index in [4.69, 9.17) is 5.73 Å². The molecule has 0 fully saturated rings. The quantitative estimate of drug-likeness (QED) is 0.346. The first-order valence-corrected chi connectivity index (χ1v) is 11.7. The number of carboxylic acids is 1. The van der Waals surface area contributed by atoms with Crippen LogP contribution in [0, 0.1) is 13.8 Å². The lowest BCUT2D eigenvalue weighted by atomic mass is 10.1. The molecule has 0 aliphatic carbocycles. The monoisotopic (exact) mass is 480 g/mol. The van der Waals surface area contributed by atoms with Crippen LogP contribution in [0.3, 0.4) is 0 Å². The number of fused-ring (bicyclic) bond motifs is 1. The summed E-state index contributed by atoms with van der Waals surface area (Å²) in [4.78, 5) is 18.8. The van der Waals surface area contributed by atoms with Crippen LogP contribution in [0.15, 0.2) is 72.9 Å². The third kappa shape index (κ3) is 4.07. The molecule has 3 aromatic heterocycles. The van der Waals surface area contributed by atoms with Gasteiger partial charge in [-0.1, -0.05) is 60.7 Å². The van der Waals surface area contributed by atoms with Crippen LogP contribution in [0.1, 0.15) is 32.9 Å². The highest BCUT2D eigenvalue weighted by Crippen LogP contribution is 2.37. The Morgan fingerprint density at radius 3 is 2.06 bits per heavy atom. The lowest BCUT2D eigenvalue weighted by molar-refractivity contribution is 0.0700. The van der Waals surface area contributed by atoms with Gasteiger partial charge in [-0.05, 0) is 31.0 Å². The largest absolute Gasteiger partial charge is 0.477 e. The van der Waals surface area contributed by atoms with E-state index in [9.17, 15) is 9.90 Å². The van der Waals surface area contributed by atoms with E-state index in [2.05, 4.69) is 63.7 Å². The van der Waals surface area contributed by atoms with E-state index >= 15 is 0 Å². The molecule has 182 valence electrons. The predicted octanol–water partition coefficient (Wildman–Crippen LogP) is 4.84. The van der Waals surface area contributed by atoms with Crippen LogP contribution in [0.25, 0.3) is 16.8 Å². The molecule has 5 aromatic rings. The first-order chi connectivity index (χ1) is 17.3. The number of nitrogens with zero attached hydrogens (tertiary/aromatic N) is 5. The van der Waals surface area contributed by atoms with Crippen molar-refractivity contribution in [2.24, 2.45) is 7.05 Å². The molecule has 0 saturated heterocycles. The van der Waals surface area contributed by atoms with Gasteiger partial charge in [-0.3, -0.25) is 0 Å². The van der Waals surface area contributed by atoms with Gasteiger partial charge in [0.2, 0.25) is 0 Å². The van der Waals surface area contributed by atoms with Crippen LogP contribution in [-0.4, -0.2) is 30.2 Å². The summed E-state index contributed by atoms with van der Waals surface area (Å²) < 4.78 is 3.71. The lowest BCUT2D eigenvalue weighted by Crippen LogP contribution is -2.26. The summed E-state index contributed by atoms with van der Waals surface area (Å²) in [5, 5.41) is 14.3. The van der Waals surface area contributed by atoms with Gasteiger partial charge >= 0.3 is 5.97 Å². The van der Waals surface area contributed by atoms with Gasteiger partial charge in [-0.25, -0.2) is 9.78 Å². The van der Waals surface area contributed by atoms with Crippen LogP contribution in [0.4, 0.5) is 11.6 Å². The molecule has 0 saturated carbocycles. The number of aromatic carboxylic acids is 1. The second-order valence-corrected chi connectivity index (χ2v) is 8.97. The van der Waals surface area contributed by atoms with Crippen LogP contribution in [0.5, 0.6) is 0 Å². The van der Waals surface area contributed by atoms with Crippen LogP contribution in [0.2, 0.25) is 0 Å². The SMILES string of the molecule is Cc1cc(-c2cnc3c(C(=O)O)c(N)nn3c2N(Cc2ccccc2)Cc2ccccc2)c(C)n1C. The molecule has 0 amide bonds. The summed E-state index contributed by atoms with van der Waals surface area (Å²) >= 11 is 0. The molecule has 0 atom stereocenters. The van der Waals surface area contributed by atoms with Crippen molar-refractivity contribution < 1.29 is 9.90 Å². The highest BCUT2D eigenvalue weighted by molar-refractivity contribution is 6.00. The smallest absolute Gasteiger partial charge is 0.343 e. The minimum Gasteiger partial charge on any atom is -0.477 e. The molecular formula is C28H28N6O2. The molecular weight excluding hydrogens is 452 g/mol. The molecule has 0 spiro atoms. The molecule has 0 radical (unpaired) electrons. The van der Waals surface area contributed by atoms with E-state index in [-0.39, 0.29) is 17.0 Å². The molecule has 8 nitrogen and oxygen atoms in total. The summed E-state index contributed by atoms with van der Waals surface area (Å²) in [5.41, 5.74) is 12.5. The van der Waals surface area contributed by atoms with Gasteiger partial charge in [0, 0.05) is 48.8 Å². The predicted molar refractivity (Wildman–Crippen MR) is 141 cm³/mol. The van der Waals surface area contributed by atoms with Crippen molar-refractivity contribution in [1.82, 2.24) is 19.2 Å². The number of aryl methyl sites for hydroxylation is 1. The Labute approximate surface area is 209 Å². The fourth-order valence-electron chi connectivity index (χ4n) is 4.63. The topological polar surface area (TPSA) is 102 Å². The number of aromatic nitrogens is 4. The third-order valence-corrected chi connectivity index (χ3v) is 6.66. The number of hydrogen-bond acceptors (Lipinski definition) is 5. The first kappa shape index (κ1) is 23.2. The maximum Gasteiger partial charge on any atom is 0.343 e. The molecule has 36 heavy (non-hydrogen) atoms. The Hall–Kier alpha value is -4.59. The maximum absolute atomic E-state index is 12.0. The number of anilines is 2. The van der Waals surface area contributed by atoms with Crippen LogP contribution < -0.4 is 10.6 Å². The standard InChI is InChI=1S/C28H28N6O2/c1-18-14-22(19(2)32(18)3)23-15-30-26-24(28(35)36)25(29)31-34(26)27(23)33(16-20-10-6-4-7-11-20)17-21-12-8-5-9-13-21/h4-15H,16-17H2,1-3H3,(H2,29,31)(H,35,36). The van der Waals surface area contributed by atoms with Gasteiger partial charge in [0.1, 0.15) is 11.4 Å². The normalized spacial score (nSPS) is 11.2. The molecule has 0 aliphatic heterocycles. The average molecular weight is 481 g/mol. The van der Waals surface area contributed by atoms with E-state index in [1.807, 2.05) is 43.4 Å². The Morgan fingerprint density at radius 1 is 0.972 bits per heavy atom. The van der Waals surface area contributed by atoms with Gasteiger partial charge < -0.3 is 20.3 Å². The van der Waals surface area contributed by atoms with Crippen LogP contribution in [-0.2, 0) is 20.1 Å². The number of carbonyl (C=O) groups is 1. The molecule has 3 heterocycles. The maximum atomic E-state index is 12.0. The second kappa shape index (κ2) is 9.22. The minimum absolute atomic E-state index is 0.0614. The summed E-state index contributed by atoms with van der Waals surface area (Å²) in [5.74, 6) is -0.479. The van der Waals surface area contributed by atoms with Crippen LogP contribution >= 0.6 is 0 Å². The Morgan fingerprint density at radius 2 is 1.56 bits per heavy atom. The molecule has 8 heteroatoms. The number of rotatable bonds is 7. The molecule has 2 aromatic carbocycles. The average Bonchev–Trinajstić information content (AvgIpc) is 3.34. The summed E-state index contributed by atoms with van der Waals surface area (Å²) in [6.07, 6.45) is 1.74. The number of nitrogens with two attached hydrogens (primary N) is 1. The van der Waals surface area contributed by atoms with Gasteiger partial charge in [0.15, 0.2) is 11.5 Å². The molecule has 0 bridgehead atoms. The minimum atomic E-state index is -1.15. The number of benzene rings is 2. The van der Waals surface area contributed by atoms with Crippen molar-refractivity contribution in [3.8, 4) is 11.1 Å². The molecule has 0 unspecified atom stereocenters. The second-order valence-electron chi connectivity index (χ2n) is 8.97. The zero-order valence-corrected chi connectivity index (χ0v) is 20.5. The third-order valence-electron chi connectivity index (χ3n) is 6.66. The lowest BCUT2D eigenvalue weighted by Gasteiger charge is -2.28. The van der Waals surface area contributed by atoms with Crippen molar-refractivity contribution in [3.63, 3.8) is 0 Å². The van der Waals surface area contributed by atoms with E-state index in [0.29, 0.717) is 13.1 Å². The van der Waals surface area contributed by atoms with Crippen molar-refractivity contribution >= 4 is 23.3 Å². The summed E-state index contributed by atoms with van der Waals surface area (Å²) in [7, 11) is 2.03. The zero-order valence-electron chi connectivity index (χ0n) is 20.5. The van der Waals surface area contributed by atoms with Crippen molar-refractivity contribution in [2.75, 3.05) is 10.6 Å². The first-order valence-electron chi connectivity index (χ1n) is 11.7. The molecule has 5 rings (SSSR count). The summed E-state index contributed by atoms with van der Waals surface area (Å²) in [6, 6.07) is 22.5. The Balaban J connectivity index is 1.80. The highest BCUT2D eigenvalue weighted by atomic mass is 16.4. The van der Waals surface area contributed by atoms with Crippen molar-refractivity contribution in [1.29, 1.82) is 0 Å². The zero-order chi connectivity index (χ0) is 25.4. The van der Waals surface area contributed by atoms with Gasteiger partial charge in [0.05, 0.1) is 0 Å². The van der Waals surface area contributed by atoms with Crippen molar-refractivity contribution in [3.05, 3.63) is 101 Å². The van der Waals surface area contributed by atoms with Gasteiger partial charge in [-0.2, -0.15) is 4.52 Å². The molecule has 3 N–H and O–H groups in total. The number of hydrogen-bond donors (Lipinski definition) is 2. The molecule has 0 aliphatic rings. The van der Waals surface area contributed by atoms with Gasteiger partial charge in [-0.15, -0.1) is 5.10 Å². The Bertz CT molecular complexity index is 1510. The fourth-order valence-corrected chi connectivity index (χ4v) is 4.63. The number of carboxylic acid groups (broad SMARTS) is 1. The van der Waals surface area contributed by atoms with E-state index in [1.54, 1.807) is 10.7 Å². The van der Waals surface area contributed by atoms with E-state index in [1.165, 1.54) is 0 Å². The summed E-state index contributed by atoms with van der Waals surface area (Å²) in [6.45, 7) is 5.28.